The van der Waals surface area contributed by atoms with E-state index in [1.54, 1.807) is 23.1 Å². The lowest BCUT2D eigenvalue weighted by Crippen LogP contribution is -2.20. The van der Waals surface area contributed by atoms with Gasteiger partial charge in [0.15, 0.2) is 4.34 Å². The van der Waals surface area contributed by atoms with E-state index < -0.39 is 5.91 Å². The predicted molar refractivity (Wildman–Crippen MR) is 102 cm³/mol. The first kappa shape index (κ1) is 17.1. The Bertz CT molecular complexity index is 911. The standard InChI is InChI=1S/C18H14N4OS2/c19-11-10-17(23)22-21-15(13-6-2-1-3-7-13)12-24-18-20-14-8-4-5-9-16(14)25-18/h1-9H,10,12H2,(H,22,23)/b21-15+. The van der Waals surface area contributed by atoms with Crippen LogP contribution in [0.2, 0.25) is 0 Å². The molecule has 0 saturated heterocycles. The van der Waals surface area contributed by atoms with Crippen LogP contribution in [0.25, 0.3) is 10.2 Å². The van der Waals surface area contributed by atoms with E-state index in [0.717, 1.165) is 25.8 Å². The molecule has 1 amide bonds. The normalized spacial score (nSPS) is 11.2. The number of nitrogens with zero attached hydrogens (tertiary/aromatic N) is 3. The number of nitriles is 1. The number of hydrogen-bond acceptors (Lipinski definition) is 6. The third-order valence-corrected chi connectivity index (χ3v) is 5.46. The van der Waals surface area contributed by atoms with Gasteiger partial charge in [-0.2, -0.15) is 10.4 Å². The lowest BCUT2D eigenvalue weighted by atomic mass is 10.1. The van der Waals surface area contributed by atoms with Crippen LogP contribution in [0, 0.1) is 11.3 Å². The first-order valence-electron chi connectivity index (χ1n) is 7.52. The van der Waals surface area contributed by atoms with Crippen LogP contribution in [0.5, 0.6) is 0 Å². The van der Waals surface area contributed by atoms with Crippen molar-refractivity contribution in [3.05, 3.63) is 60.2 Å². The molecule has 1 heterocycles. The Balaban J connectivity index is 1.76. The second-order valence-electron chi connectivity index (χ2n) is 5.03. The molecule has 0 saturated carbocycles. The monoisotopic (exact) mass is 366 g/mol. The summed E-state index contributed by atoms with van der Waals surface area (Å²) >= 11 is 3.21. The van der Waals surface area contributed by atoms with Gasteiger partial charge in [0.1, 0.15) is 6.42 Å². The number of nitrogens with one attached hydrogen (secondary N) is 1. The number of benzene rings is 2. The van der Waals surface area contributed by atoms with Gasteiger partial charge in [0.2, 0.25) is 0 Å². The van der Waals surface area contributed by atoms with Gasteiger partial charge >= 0.3 is 0 Å². The van der Waals surface area contributed by atoms with Crippen molar-refractivity contribution in [3.8, 4) is 6.07 Å². The van der Waals surface area contributed by atoms with Gasteiger partial charge < -0.3 is 0 Å². The molecule has 1 aromatic heterocycles. The van der Waals surface area contributed by atoms with Crippen molar-refractivity contribution in [1.29, 1.82) is 5.26 Å². The van der Waals surface area contributed by atoms with Crippen LogP contribution in [-0.2, 0) is 4.79 Å². The summed E-state index contributed by atoms with van der Waals surface area (Å²) in [6.07, 6.45) is -0.212. The molecule has 0 atom stereocenters. The van der Waals surface area contributed by atoms with E-state index in [9.17, 15) is 4.79 Å². The van der Waals surface area contributed by atoms with Crippen molar-refractivity contribution >= 4 is 44.9 Å². The van der Waals surface area contributed by atoms with Crippen LogP contribution in [0.3, 0.4) is 0 Å². The lowest BCUT2D eigenvalue weighted by molar-refractivity contribution is -0.120. The maximum absolute atomic E-state index is 11.5. The van der Waals surface area contributed by atoms with Crippen molar-refractivity contribution in [2.75, 3.05) is 5.75 Å². The highest BCUT2D eigenvalue weighted by molar-refractivity contribution is 8.01. The van der Waals surface area contributed by atoms with Gasteiger partial charge in [0, 0.05) is 5.75 Å². The maximum atomic E-state index is 11.5. The highest BCUT2D eigenvalue weighted by Gasteiger charge is 2.09. The molecule has 0 radical (unpaired) electrons. The summed E-state index contributed by atoms with van der Waals surface area (Å²) in [6.45, 7) is 0. The highest BCUT2D eigenvalue weighted by Crippen LogP contribution is 2.29. The minimum Gasteiger partial charge on any atom is -0.272 e. The number of carbonyl (C=O) groups excluding carboxylic acids is 1. The summed E-state index contributed by atoms with van der Waals surface area (Å²) in [6, 6.07) is 19.5. The highest BCUT2D eigenvalue weighted by atomic mass is 32.2. The second kappa shape index (κ2) is 8.42. The molecule has 0 unspecified atom stereocenters. The number of hydrogen-bond donors (Lipinski definition) is 1. The molecule has 3 rings (SSSR count). The zero-order chi connectivity index (χ0) is 17.5. The largest absolute Gasteiger partial charge is 0.272 e. The molecule has 7 heteroatoms. The summed E-state index contributed by atoms with van der Waals surface area (Å²) in [5, 5.41) is 12.8. The summed E-state index contributed by atoms with van der Waals surface area (Å²) < 4.78 is 2.10. The molecule has 25 heavy (non-hydrogen) atoms. The third-order valence-electron chi connectivity index (χ3n) is 3.27. The molecule has 1 N–H and O–H groups in total. The van der Waals surface area contributed by atoms with Crippen LogP contribution in [-0.4, -0.2) is 22.4 Å². The van der Waals surface area contributed by atoms with E-state index in [2.05, 4.69) is 15.5 Å². The first-order chi connectivity index (χ1) is 12.3. The summed E-state index contributed by atoms with van der Waals surface area (Å²) in [5.74, 6) is 0.150. The van der Waals surface area contributed by atoms with Gasteiger partial charge in [0.25, 0.3) is 5.91 Å². The van der Waals surface area contributed by atoms with Crippen molar-refractivity contribution in [1.82, 2.24) is 10.4 Å². The number of thiazole rings is 1. The van der Waals surface area contributed by atoms with Gasteiger partial charge in [0.05, 0.1) is 22.0 Å². The zero-order valence-corrected chi connectivity index (χ0v) is 14.8. The predicted octanol–water partition coefficient (Wildman–Crippen LogP) is 3.82. The van der Waals surface area contributed by atoms with E-state index in [1.165, 1.54) is 0 Å². The van der Waals surface area contributed by atoms with Gasteiger partial charge in [-0.05, 0) is 17.7 Å². The summed E-state index contributed by atoms with van der Waals surface area (Å²) in [7, 11) is 0. The van der Waals surface area contributed by atoms with E-state index >= 15 is 0 Å². The molecule has 0 spiro atoms. The van der Waals surface area contributed by atoms with Crippen LogP contribution < -0.4 is 5.43 Å². The minimum atomic E-state index is -0.416. The molecule has 3 aromatic rings. The van der Waals surface area contributed by atoms with Crippen LogP contribution >= 0.6 is 23.1 Å². The fraction of sp³-hybridized carbons (Fsp3) is 0.111. The first-order valence-corrected chi connectivity index (χ1v) is 9.32. The van der Waals surface area contributed by atoms with Crippen LogP contribution in [0.4, 0.5) is 0 Å². The number of carbonyl (C=O) groups is 1. The molecule has 0 fully saturated rings. The van der Waals surface area contributed by atoms with Gasteiger partial charge in [-0.25, -0.2) is 10.4 Å². The molecular weight excluding hydrogens is 352 g/mol. The van der Waals surface area contributed by atoms with E-state index in [4.69, 9.17) is 5.26 Å². The van der Waals surface area contributed by atoms with Gasteiger partial charge in [-0.3, -0.25) is 4.79 Å². The Kier molecular flexibility index (Phi) is 5.77. The SMILES string of the molecule is N#CCC(=O)N/N=C(\CSc1nc2ccccc2s1)c1ccccc1. The molecule has 124 valence electrons. The van der Waals surface area contributed by atoms with E-state index in [1.807, 2.05) is 60.7 Å². The second-order valence-corrected chi connectivity index (χ2v) is 7.28. The van der Waals surface area contributed by atoms with Crippen LogP contribution in [0.15, 0.2) is 64.0 Å². The number of aromatic nitrogens is 1. The van der Waals surface area contributed by atoms with Crippen molar-refractivity contribution in [3.63, 3.8) is 0 Å². The number of para-hydroxylation sites is 1. The van der Waals surface area contributed by atoms with E-state index in [0.29, 0.717) is 5.75 Å². The Labute approximate surface area is 153 Å². The average Bonchev–Trinajstić information content (AvgIpc) is 3.05. The van der Waals surface area contributed by atoms with Gasteiger partial charge in [-0.1, -0.05) is 54.2 Å². The molecular formula is C18H14N4OS2. The van der Waals surface area contributed by atoms with Crippen molar-refractivity contribution in [2.24, 2.45) is 5.10 Å². The maximum Gasteiger partial charge on any atom is 0.254 e. The number of thioether (sulfide) groups is 1. The summed E-state index contributed by atoms with van der Waals surface area (Å²) in [4.78, 5) is 16.1. The fourth-order valence-corrected chi connectivity index (χ4v) is 4.13. The Morgan fingerprint density at radius 1 is 1.20 bits per heavy atom. The number of fused-ring (bicyclic) bond motifs is 1. The molecule has 0 aliphatic heterocycles. The van der Waals surface area contributed by atoms with Crippen LogP contribution in [0.1, 0.15) is 12.0 Å². The number of amides is 1. The molecule has 0 aliphatic carbocycles. The Morgan fingerprint density at radius 3 is 2.72 bits per heavy atom. The van der Waals surface area contributed by atoms with Gasteiger partial charge in [-0.15, -0.1) is 11.3 Å². The third kappa shape index (κ3) is 4.66. The molecule has 0 aliphatic rings. The molecule has 5 nitrogen and oxygen atoms in total. The molecule has 2 aromatic carbocycles. The van der Waals surface area contributed by atoms with E-state index in [-0.39, 0.29) is 6.42 Å². The Morgan fingerprint density at radius 2 is 1.96 bits per heavy atom. The molecule has 0 bridgehead atoms. The smallest absolute Gasteiger partial charge is 0.254 e. The van der Waals surface area contributed by atoms with Crippen molar-refractivity contribution in [2.45, 2.75) is 10.8 Å². The fourth-order valence-electron chi connectivity index (χ4n) is 2.09. The lowest BCUT2D eigenvalue weighted by Gasteiger charge is -2.06. The number of rotatable bonds is 6. The average molecular weight is 366 g/mol. The van der Waals surface area contributed by atoms with Crippen molar-refractivity contribution < 1.29 is 4.79 Å². The minimum absolute atomic E-state index is 0.212. The topological polar surface area (TPSA) is 78.1 Å². The quantitative estimate of drug-likeness (QED) is 0.409. The Hall–Kier alpha value is -2.69. The zero-order valence-electron chi connectivity index (χ0n) is 13.2. The summed E-state index contributed by atoms with van der Waals surface area (Å²) in [5.41, 5.74) is 5.08. The number of hydrazone groups is 1.